The van der Waals surface area contributed by atoms with E-state index >= 15 is 0 Å². The maximum atomic E-state index is 12.6. The number of urea groups is 1. The number of nitrogens with zero attached hydrogens (tertiary/aromatic N) is 3. The lowest BCUT2D eigenvalue weighted by atomic mass is 10.0. The summed E-state index contributed by atoms with van der Waals surface area (Å²) in [6.07, 6.45) is -1.24. The molecule has 0 aliphatic rings. The Morgan fingerprint density at radius 2 is 1.79 bits per heavy atom. The maximum absolute atomic E-state index is 12.6. The second-order valence-electron chi connectivity index (χ2n) is 7.10. The van der Waals surface area contributed by atoms with Crippen molar-refractivity contribution in [3.63, 3.8) is 0 Å². The van der Waals surface area contributed by atoms with Crippen molar-refractivity contribution in [2.75, 3.05) is 19.4 Å². The summed E-state index contributed by atoms with van der Waals surface area (Å²) in [5, 5.41) is 5.29. The molecule has 1 heterocycles. The van der Waals surface area contributed by atoms with Crippen molar-refractivity contribution in [2.24, 2.45) is 5.92 Å². The Bertz CT molecular complexity index is 844. The van der Waals surface area contributed by atoms with E-state index in [2.05, 4.69) is 15.6 Å². The summed E-state index contributed by atoms with van der Waals surface area (Å²) in [4.78, 5) is 30.1. The number of imidazole rings is 1. The molecule has 0 saturated carbocycles. The van der Waals surface area contributed by atoms with Gasteiger partial charge in [-0.25, -0.2) is 9.78 Å². The number of carbonyl (C=O) groups excluding carboxylic acids is 2. The van der Waals surface area contributed by atoms with Gasteiger partial charge in [0.1, 0.15) is 12.4 Å². The van der Waals surface area contributed by atoms with E-state index in [1.165, 1.54) is 17.0 Å². The highest BCUT2D eigenvalue weighted by Gasteiger charge is 2.30. The topological polar surface area (TPSA) is 79.3 Å². The summed E-state index contributed by atoms with van der Waals surface area (Å²) in [5.41, 5.74) is -0.569. The predicted molar refractivity (Wildman–Crippen MR) is 102 cm³/mol. The van der Waals surface area contributed by atoms with E-state index in [4.69, 9.17) is 0 Å². The van der Waals surface area contributed by atoms with Crippen molar-refractivity contribution in [1.29, 1.82) is 0 Å². The lowest BCUT2D eigenvalue weighted by Crippen LogP contribution is -2.37. The first-order valence-corrected chi connectivity index (χ1v) is 8.95. The van der Waals surface area contributed by atoms with Crippen LogP contribution in [0, 0.1) is 5.92 Å². The Hall–Kier alpha value is -3.04. The van der Waals surface area contributed by atoms with Crippen LogP contribution in [0.5, 0.6) is 0 Å². The molecular weight excluding hydrogens is 387 g/mol. The Labute approximate surface area is 166 Å². The van der Waals surface area contributed by atoms with Crippen LogP contribution >= 0.6 is 0 Å². The molecule has 2 rings (SSSR count). The molecule has 0 bridgehead atoms. The largest absolute Gasteiger partial charge is 0.416 e. The first-order chi connectivity index (χ1) is 13.5. The molecule has 0 radical (unpaired) electrons. The molecule has 2 aromatic rings. The van der Waals surface area contributed by atoms with Gasteiger partial charge in [-0.2, -0.15) is 13.2 Å². The van der Waals surface area contributed by atoms with Gasteiger partial charge in [0.15, 0.2) is 0 Å². The molecule has 0 aliphatic carbocycles. The number of anilines is 1. The van der Waals surface area contributed by atoms with Gasteiger partial charge >= 0.3 is 12.2 Å². The van der Waals surface area contributed by atoms with Crippen LogP contribution in [0.4, 0.5) is 23.7 Å². The van der Waals surface area contributed by atoms with E-state index in [0.717, 1.165) is 12.1 Å². The summed E-state index contributed by atoms with van der Waals surface area (Å²) < 4.78 is 39.6. The molecule has 0 unspecified atom stereocenters. The number of amides is 3. The molecule has 0 spiro atoms. The van der Waals surface area contributed by atoms with Crippen LogP contribution in [0.15, 0.2) is 36.7 Å². The smallest absolute Gasteiger partial charge is 0.347 e. The number of aromatic nitrogens is 2. The minimum atomic E-state index is -4.44. The van der Waals surface area contributed by atoms with Crippen molar-refractivity contribution in [1.82, 2.24) is 19.8 Å². The molecule has 1 atom stereocenters. The highest BCUT2D eigenvalue weighted by atomic mass is 19.4. The summed E-state index contributed by atoms with van der Waals surface area (Å²) >= 11 is 0. The van der Waals surface area contributed by atoms with Gasteiger partial charge in [0.05, 0.1) is 11.6 Å². The zero-order valence-electron chi connectivity index (χ0n) is 16.6. The Morgan fingerprint density at radius 3 is 2.31 bits per heavy atom. The third kappa shape index (κ3) is 5.97. The first kappa shape index (κ1) is 22.3. The molecule has 0 fully saturated rings. The Balaban J connectivity index is 2.10. The molecule has 3 amide bonds. The highest BCUT2D eigenvalue weighted by Crippen LogP contribution is 2.30. The van der Waals surface area contributed by atoms with Gasteiger partial charge < -0.3 is 20.1 Å². The molecule has 10 heteroatoms. The normalized spacial score (nSPS) is 12.6. The van der Waals surface area contributed by atoms with E-state index < -0.39 is 23.8 Å². The molecule has 1 aromatic heterocycles. The lowest BCUT2D eigenvalue weighted by Gasteiger charge is -2.23. The number of carbonyl (C=O) groups is 2. The monoisotopic (exact) mass is 411 g/mol. The second-order valence-corrected chi connectivity index (χ2v) is 7.10. The average molecular weight is 411 g/mol. The van der Waals surface area contributed by atoms with E-state index in [9.17, 15) is 22.8 Å². The number of halogens is 3. The quantitative estimate of drug-likeness (QED) is 0.764. The first-order valence-electron chi connectivity index (χ1n) is 8.95. The summed E-state index contributed by atoms with van der Waals surface area (Å²) in [7, 11) is 3.29. The molecule has 0 saturated heterocycles. The van der Waals surface area contributed by atoms with E-state index in [0.29, 0.717) is 5.82 Å². The fourth-order valence-electron chi connectivity index (χ4n) is 2.60. The fraction of sp³-hybridized carbons (Fsp3) is 0.421. The Morgan fingerprint density at radius 1 is 1.17 bits per heavy atom. The molecular formula is C19H24F3N5O2. The van der Waals surface area contributed by atoms with Crippen molar-refractivity contribution in [3.05, 3.63) is 48.0 Å². The number of alkyl halides is 3. The van der Waals surface area contributed by atoms with Gasteiger partial charge in [-0.3, -0.25) is 4.79 Å². The minimum absolute atomic E-state index is 0.0519. The maximum Gasteiger partial charge on any atom is 0.416 e. The zero-order valence-corrected chi connectivity index (χ0v) is 16.6. The SMILES string of the molecule is CC(C)[C@H](NC(=O)Nc1ccc(C(F)(F)F)cc1)c1nccn1CC(=O)N(C)C. The van der Waals surface area contributed by atoms with Crippen LogP contribution in [-0.4, -0.2) is 40.5 Å². The third-order valence-corrected chi connectivity index (χ3v) is 4.25. The summed E-state index contributed by atoms with van der Waals surface area (Å²) in [6, 6.07) is 3.07. The lowest BCUT2D eigenvalue weighted by molar-refractivity contribution is -0.137. The second kappa shape index (κ2) is 8.97. The molecule has 29 heavy (non-hydrogen) atoms. The van der Waals surface area contributed by atoms with Crippen LogP contribution in [0.3, 0.4) is 0 Å². The number of hydrogen-bond donors (Lipinski definition) is 2. The summed E-state index contributed by atoms with van der Waals surface area (Å²) in [6.45, 7) is 3.85. The van der Waals surface area contributed by atoms with Gasteiger partial charge in [-0.05, 0) is 30.2 Å². The fourth-order valence-corrected chi connectivity index (χ4v) is 2.60. The van der Waals surface area contributed by atoms with Crippen molar-refractivity contribution in [2.45, 2.75) is 32.6 Å². The van der Waals surface area contributed by atoms with Gasteiger partial charge in [-0.1, -0.05) is 13.8 Å². The summed E-state index contributed by atoms with van der Waals surface area (Å²) in [5.74, 6) is 0.336. The molecule has 0 aliphatic heterocycles. The van der Waals surface area contributed by atoms with Crippen LogP contribution in [0.1, 0.15) is 31.3 Å². The van der Waals surface area contributed by atoms with Gasteiger partial charge in [0.25, 0.3) is 0 Å². The minimum Gasteiger partial charge on any atom is -0.347 e. The van der Waals surface area contributed by atoms with Crippen molar-refractivity contribution in [3.8, 4) is 0 Å². The average Bonchev–Trinajstić information content (AvgIpc) is 3.06. The standard InChI is InChI=1S/C19H24F3N5O2/c1-12(2)16(17-23-9-10-27(17)11-15(28)26(3)4)25-18(29)24-14-7-5-13(6-8-14)19(20,21)22/h5-10,12,16H,11H2,1-4H3,(H2,24,25,29)/t16-/m0/s1. The number of hydrogen-bond acceptors (Lipinski definition) is 3. The molecule has 158 valence electrons. The van der Waals surface area contributed by atoms with E-state index in [-0.39, 0.29) is 24.1 Å². The number of benzene rings is 1. The van der Waals surface area contributed by atoms with E-state index in [1.807, 2.05) is 13.8 Å². The molecule has 1 aromatic carbocycles. The number of nitrogens with one attached hydrogen (secondary N) is 2. The van der Waals surface area contributed by atoms with Crippen LogP contribution in [0.2, 0.25) is 0 Å². The number of likely N-dealkylation sites (N-methyl/N-ethyl adjacent to an activating group) is 1. The zero-order chi connectivity index (χ0) is 21.8. The molecule has 7 nitrogen and oxygen atoms in total. The van der Waals surface area contributed by atoms with Gasteiger partial charge in [0, 0.05) is 32.2 Å². The highest BCUT2D eigenvalue weighted by molar-refractivity contribution is 5.89. The van der Waals surface area contributed by atoms with Crippen molar-refractivity contribution < 1.29 is 22.8 Å². The molecule has 2 N–H and O–H groups in total. The van der Waals surface area contributed by atoms with Gasteiger partial charge in [0.2, 0.25) is 5.91 Å². The van der Waals surface area contributed by atoms with Crippen LogP contribution in [0.25, 0.3) is 0 Å². The van der Waals surface area contributed by atoms with Crippen molar-refractivity contribution >= 4 is 17.6 Å². The van der Waals surface area contributed by atoms with E-state index in [1.54, 1.807) is 31.1 Å². The predicted octanol–water partition coefficient (Wildman–Crippen LogP) is 3.51. The van der Waals surface area contributed by atoms with Gasteiger partial charge in [-0.15, -0.1) is 0 Å². The van der Waals surface area contributed by atoms with Crippen LogP contribution in [-0.2, 0) is 17.5 Å². The Kier molecular flexibility index (Phi) is 6.89. The third-order valence-electron chi connectivity index (χ3n) is 4.25. The number of rotatable bonds is 6. The van der Waals surface area contributed by atoms with Crippen LogP contribution < -0.4 is 10.6 Å².